The Morgan fingerprint density at radius 2 is 1.88 bits per heavy atom. The first kappa shape index (κ1) is 21.9. The Balaban J connectivity index is 1.35. The Kier molecular flexibility index (Phi) is 5.80. The maximum atomic E-state index is 13.4. The number of benzene rings is 1. The topological polar surface area (TPSA) is 84.2 Å². The van der Waals surface area contributed by atoms with Gasteiger partial charge in [-0.1, -0.05) is 29.3 Å². The first-order valence-corrected chi connectivity index (χ1v) is 11.6. The van der Waals surface area contributed by atoms with Crippen molar-refractivity contribution < 1.29 is 9.59 Å². The molecule has 170 valence electrons. The van der Waals surface area contributed by atoms with Crippen LogP contribution in [0.5, 0.6) is 0 Å². The molecule has 3 aromatic rings. The van der Waals surface area contributed by atoms with E-state index in [1.165, 1.54) is 0 Å². The molecule has 0 spiro atoms. The van der Waals surface area contributed by atoms with E-state index in [1.807, 2.05) is 15.6 Å². The Morgan fingerprint density at radius 3 is 2.67 bits per heavy atom. The zero-order chi connectivity index (χ0) is 23.1. The molecule has 1 unspecified atom stereocenters. The third-order valence-corrected chi connectivity index (χ3v) is 6.70. The van der Waals surface area contributed by atoms with Crippen LogP contribution >= 0.6 is 23.2 Å². The molecule has 2 amide bonds. The van der Waals surface area contributed by atoms with Gasteiger partial charge in [-0.2, -0.15) is 5.10 Å². The summed E-state index contributed by atoms with van der Waals surface area (Å²) in [4.78, 5) is 38.1. The lowest BCUT2D eigenvalue weighted by atomic mass is 10.0. The quantitative estimate of drug-likeness (QED) is 0.562. The second kappa shape index (κ2) is 8.76. The number of hydrogen-bond acceptors (Lipinski definition) is 5. The highest BCUT2D eigenvalue weighted by atomic mass is 35.5. The smallest absolute Gasteiger partial charge is 0.274 e. The summed E-state index contributed by atoms with van der Waals surface area (Å²) >= 11 is 12.5. The van der Waals surface area contributed by atoms with Crippen LogP contribution in [0.15, 0.2) is 36.5 Å². The normalized spacial score (nSPS) is 17.8. The van der Waals surface area contributed by atoms with Crippen molar-refractivity contribution in [3.63, 3.8) is 0 Å². The molecule has 4 heterocycles. The van der Waals surface area contributed by atoms with Crippen molar-refractivity contribution in [1.82, 2.24) is 29.5 Å². The predicted octanol–water partition coefficient (Wildman–Crippen LogP) is 3.92. The standard InChI is InChI=1S/C23H22Cl2N6O2/c1-14-26-7-6-19(27-14)22(32)29-9-10-31-16(13-29)12-20(28-31)23(33)30-8-2-3-21(30)17-5-4-15(24)11-18(17)25/h4-7,11-12,21H,2-3,8-10,13H2,1H3. The van der Waals surface area contributed by atoms with Crippen molar-refractivity contribution in [3.05, 3.63) is 75.0 Å². The van der Waals surface area contributed by atoms with Gasteiger partial charge in [0.05, 0.1) is 24.8 Å². The molecule has 0 N–H and O–H groups in total. The van der Waals surface area contributed by atoms with Gasteiger partial charge in [-0.05, 0) is 49.6 Å². The molecular weight excluding hydrogens is 463 g/mol. The van der Waals surface area contributed by atoms with E-state index in [2.05, 4.69) is 15.1 Å². The zero-order valence-corrected chi connectivity index (χ0v) is 19.6. The van der Waals surface area contributed by atoms with Crippen LogP contribution in [-0.2, 0) is 13.1 Å². The summed E-state index contributed by atoms with van der Waals surface area (Å²) in [5.41, 5.74) is 2.47. The monoisotopic (exact) mass is 484 g/mol. The molecule has 0 radical (unpaired) electrons. The second-order valence-corrected chi connectivity index (χ2v) is 9.13. The number of amides is 2. The van der Waals surface area contributed by atoms with Gasteiger partial charge < -0.3 is 9.80 Å². The van der Waals surface area contributed by atoms with E-state index in [0.717, 1.165) is 24.1 Å². The molecular formula is C23H22Cl2N6O2. The highest BCUT2D eigenvalue weighted by Crippen LogP contribution is 2.37. The molecule has 2 aliphatic heterocycles. The molecule has 1 saturated heterocycles. The number of fused-ring (bicyclic) bond motifs is 1. The fourth-order valence-electron chi connectivity index (χ4n) is 4.53. The van der Waals surface area contributed by atoms with E-state index in [0.29, 0.717) is 53.4 Å². The van der Waals surface area contributed by atoms with Gasteiger partial charge in [-0.15, -0.1) is 0 Å². The fraction of sp³-hybridized carbons (Fsp3) is 0.348. The summed E-state index contributed by atoms with van der Waals surface area (Å²) in [6.45, 7) is 3.78. The first-order chi connectivity index (χ1) is 15.9. The van der Waals surface area contributed by atoms with Gasteiger partial charge in [0, 0.05) is 29.3 Å². The highest BCUT2D eigenvalue weighted by Gasteiger charge is 2.34. The number of nitrogens with zero attached hydrogens (tertiary/aromatic N) is 6. The second-order valence-electron chi connectivity index (χ2n) is 8.28. The summed E-state index contributed by atoms with van der Waals surface area (Å²) in [5, 5.41) is 5.68. The van der Waals surface area contributed by atoms with E-state index >= 15 is 0 Å². The Morgan fingerprint density at radius 1 is 1.03 bits per heavy atom. The minimum absolute atomic E-state index is 0.111. The predicted molar refractivity (Wildman–Crippen MR) is 123 cm³/mol. The van der Waals surface area contributed by atoms with Crippen LogP contribution in [0.4, 0.5) is 0 Å². The van der Waals surface area contributed by atoms with Crippen molar-refractivity contribution in [2.45, 2.75) is 38.9 Å². The van der Waals surface area contributed by atoms with Crippen LogP contribution < -0.4 is 0 Å². The van der Waals surface area contributed by atoms with Gasteiger partial charge in [-0.3, -0.25) is 14.3 Å². The molecule has 8 nitrogen and oxygen atoms in total. The summed E-state index contributed by atoms with van der Waals surface area (Å²) in [6.07, 6.45) is 3.31. The van der Waals surface area contributed by atoms with Crippen LogP contribution in [0.25, 0.3) is 0 Å². The largest absolute Gasteiger partial charge is 0.330 e. The van der Waals surface area contributed by atoms with Crippen molar-refractivity contribution in [3.8, 4) is 0 Å². The van der Waals surface area contributed by atoms with Crippen molar-refractivity contribution in [2.75, 3.05) is 13.1 Å². The van der Waals surface area contributed by atoms with Crippen molar-refractivity contribution in [1.29, 1.82) is 0 Å². The summed E-state index contributed by atoms with van der Waals surface area (Å²) in [6, 6.07) is 8.68. The maximum Gasteiger partial charge on any atom is 0.274 e. The molecule has 10 heteroatoms. The highest BCUT2D eigenvalue weighted by molar-refractivity contribution is 6.35. The van der Waals surface area contributed by atoms with Crippen LogP contribution in [0.3, 0.4) is 0 Å². The molecule has 0 bridgehead atoms. The molecule has 2 aliphatic rings. The molecule has 5 rings (SSSR count). The van der Waals surface area contributed by atoms with Gasteiger partial charge >= 0.3 is 0 Å². The average molecular weight is 485 g/mol. The molecule has 1 fully saturated rings. The van der Waals surface area contributed by atoms with Gasteiger partial charge in [-0.25, -0.2) is 9.97 Å². The molecule has 0 saturated carbocycles. The van der Waals surface area contributed by atoms with Gasteiger partial charge in [0.1, 0.15) is 11.5 Å². The fourth-order valence-corrected chi connectivity index (χ4v) is 5.07. The van der Waals surface area contributed by atoms with Crippen LogP contribution in [0.1, 0.15) is 56.9 Å². The van der Waals surface area contributed by atoms with Gasteiger partial charge in [0.25, 0.3) is 11.8 Å². The number of rotatable bonds is 3. The van der Waals surface area contributed by atoms with Gasteiger partial charge in [0.15, 0.2) is 5.69 Å². The number of carbonyl (C=O) groups excluding carboxylic acids is 2. The Labute approximate surface area is 201 Å². The van der Waals surface area contributed by atoms with Crippen molar-refractivity contribution >= 4 is 35.0 Å². The number of carbonyl (C=O) groups is 2. The Bertz CT molecular complexity index is 1240. The first-order valence-electron chi connectivity index (χ1n) is 10.8. The summed E-state index contributed by atoms with van der Waals surface area (Å²) < 4.78 is 1.81. The number of aryl methyl sites for hydroxylation is 1. The number of hydrogen-bond donors (Lipinski definition) is 0. The Hall–Kier alpha value is -2.97. The third kappa shape index (κ3) is 4.20. The van der Waals surface area contributed by atoms with E-state index in [9.17, 15) is 9.59 Å². The zero-order valence-electron chi connectivity index (χ0n) is 18.0. The molecule has 1 aromatic carbocycles. The number of likely N-dealkylation sites (tertiary alicyclic amines) is 1. The minimum atomic E-state index is -0.155. The van der Waals surface area contributed by atoms with E-state index in [4.69, 9.17) is 23.2 Å². The molecule has 0 aliphatic carbocycles. The van der Waals surface area contributed by atoms with E-state index in [1.54, 1.807) is 42.3 Å². The van der Waals surface area contributed by atoms with E-state index in [-0.39, 0.29) is 17.9 Å². The van der Waals surface area contributed by atoms with E-state index < -0.39 is 0 Å². The lowest BCUT2D eigenvalue weighted by Gasteiger charge is -2.27. The summed E-state index contributed by atoms with van der Waals surface area (Å²) in [5.74, 6) is 0.268. The number of halogens is 2. The minimum Gasteiger partial charge on any atom is -0.330 e. The van der Waals surface area contributed by atoms with Crippen LogP contribution in [0, 0.1) is 6.92 Å². The number of aromatic nitrogens is 4. The molecule has 2 aromatic heterocycles. The SMILES string of the molecule is Cc1nccc(C(=O)N2CCn3nc(C(=O)N4CCCC4c4ccc(Cl)cc4Cl)cc3C2)n1. The van der Waals surface area contributed by atoms with Crippen LogP contribution in [0.2, 0.25) is 10.0 Å². The molecule has 1 atom stereocenters. The van der Waals surface area contributed by atoms with Crippen molar-refractivity contribution in [2.24, 2.45) is 0 Å². The lowest BCUT2D eigenvalue weighted by molar-refractivity contribution is 0.0694. The van der Waals surface area contributed by atoms with Crippen LogP contribution in [-0.4, -0.2) is 54.5 Å². The third-order valence-electron chi connectivity index (χ3n) is 6.13. The molecule has 33 heavy (non-hydrogen) atoms. The summed E-state index contributed by atoms with van der Waals surface area (Å²) in [7, 11) is 0. The lowest BCUT2D eigenvalue weighted by Crippen LogP contribution is -2.38. The van der Waals surface area contributed by atoms with Gasteiger partial charge in [0.2, 0.25) is 0 Å². The average Bonchev–Trinajstić information content (AvgIpc) is 3.45. The maximum absolute atomic E-state index is 13.4.